The number of aromatic nitrogens is 2. The lowest BCUT2D eigenvalue weighted by atomic mass is 9.95. The van der Waals surface area contributed by atoms with E-state index in [1.165, 1.54) is 6.20 Å². The highest BCUT2D eigenvalue weighted by molar-refractivity contribution is 6.32. The maximum Gasteiger partial charge on any atom is 0.471 e. The molecule has 192 valence electrons. The van der Waals surface area contributed by atoms with E-state index >= 15 is 0 Å². The van der Waals surface area contributed by atoms with E-state index in [-0.39, 0.29) is 30.0 Å². The lowest BCUT2D eigenvalue weighted by molar-refractivity contribution is -0.186. The Morgan fingerprint density at radius 3 is 2.59 bits per heavy atom. The summed E-state index contributed by atoms with van der Waals surface area (Å²) in [7, 11) is 0. The molecular weight excluding hydrogens is 511 g/mol. The van der Waals surface area contributed by atoms with E-state index in [4.69, 9.17) is 16.3 Å². The van der Waals surface area contributed by atoms with Crippen LogP contribution in [0, 0.1) is 0 Å². The fourth-order valence-electron chi connectivity index (χ4n) is 4.40. The number of nitrogens with one attached hydrogen (secondary N) is 2. The minimum absolute atomic E-state index is 0.0193. The molecule has 12 heteroatoms. The van der Waals surface area contributed by atoms with Crippen molar-refractivity contribution in [3.63, 3.8) is 0 Å². The number of rotatable bonds is 4. The monoisotopic (exact) mass is 531 g/mol. The number of carbonyl (C=O) groups is 2. The summed E-state index contributed by atoms with van der Waals surface area (Å²) >= 11 is 6.31. The summed E-state index contributed by atoms with van der Waals surface area (Å²) in [6.07, 6.45) is -3.16. The van der Waals surface area contributed by atoms with E-state index < -0.39 is 17.7 Å². The SMILES string of the molecule is CC1(C)OC(=O)c2ccc(Nc3nc(Nc4ccc5c(c4)CCN(C(=O)C(F)(F)F)C5)ncc3Cl)cc21. The molecule has 0 saturated heterocycles. The van der Waals surface area contributed by atoms with Crippen LogP contribution in [0.15, 0.2) is 42.6 Å². The molecule has 0 radical (unpaired) electrons. The Labute approximate surface area is 214 Å². The molecule has 0 bridgehead atoms. The van der Waals surface area contributed by atoms with Gasteiger partial charge in [0.15, 0.2) is 5.82 Å². The standard InChI is InChI=1S/C25H21ClF3N5O3/c1-24(2)18-10-16(5-6-17(18)21(35)37-24)31-20-19(26)11-30-23(33-20)32-15-4-3-14-12-34(8-7-13(14)9-15)22(36)25(27,28)29/h3-6,9-11H,7-8,12H2,1-2H3,(H2,30,31,32,33). The number of hydrogen-bond donors (Lipinski definition) is 2. The van der Waals surface area contributed by atoms with Gasteiger partial charge in [0, 0.05) is 30.0 Å². The molecule has 0 atom stereocenters. The smallest absolute Gasteiger partial charge is 0.451 e. The van der Waals surface area contributed by atoms with Gasteiger partial charge in [-0.1, -0.05) is 17.7 Å². The Morgan fingerprint density at radius 2 is 1.84 bits per heavy atom. The van der Waals surface area contributed by atoms with Gasteiger partial charge >= 0.3 is 18.1 Å². The Morgan fingerprint density at radius 1 is 1.11 bits per heavy atom. The summed E-state index contributed by atoms with van der Waals surface area (Å²) < 4.78 is 43.7. The zero-order chi connectivity index (χ0) is 26.5. The maximum absolute atomic E-state index is 12.8. The summed E-state index contributed by atoms with van der Waals surface area (Å²) in [5, 5.41) is 6.49. The van der Waals surface area contributed by atoms with Gasteiger partial charge in [0.2, 0.25) is 5.95 Å². The summed E-state index contributed by atoms with van der Waals surface area (Å²) in [6.45, 7) is 3.50. The van der Waals surface area contributed by atoms with E-state index in [9.17, 15) is 22.8 Å². The lowest BCUT2D eigenvalue weighted by Gasteiger charge is -2.29. The highest BCUT2D eigenvalue weighted by Crippen LogP contribution is 2.38. The molecule has 8 nitrogen and oxygen atoms in total. The quantitative estimate of drug-likeness (QED) is 0.431. The van der Waals surface area contributed by atoms with Crippen LogP contribution in [0.2, 0.25) is 5.02 Å². The fourth-order valence-corrected chi connectivity index (χ4v) is 4.54. The predicted molar refractivity (Wildman–Crippen MR) is 130 cm³/mol. The third-order valence-corrected chi connectivity index (χ3v) is 6.52. The van der Waals surface area contributed by atoms with Crippen molar-refractivity contribution in [2.75, 3.05) is 17.2 Å². The molecule has 1 amide bonds. The number of carbonyl (C=O) groups excluding carboxylic acids is 2. The van der Waals surface area contributed by atoms with Gasteiger partial charge in [-0.15, -0.1) is 0 Å². The van der Waals surface area contributed by atoms with E-state index in [1.54, 1.807) is 30.3 Å². The van der Waals surface area contributed by atoms with Crippen LogP contribution in [0.4, 0.5) is 36.3 Å². The molecule has 3 heterocycles. The van der Waals surface area contributed by atoms with Crippen molar-refractivity contribution in [1.29, 1.82) is 0 Å². The molecule has 2 aromatic carbocycles. The molecule has 37 heavy (non-hydrogen) atoms. The molecule has 2 aliphatic heterocycles. The number of fused-ring (bicyclic) bond motifs is 2. The number of esters is 1. The Balaban J connectivity index is 1.32. The van der Waals surface area contributed by atoms with Gasteiger partial charge in [0.05, 0.1) is 11.8 Å². The van der Waals surface area contributed by atoms with Crippen molar-refractivity contribution in [1.82, 2.24) is 14.9 Å². The highest BCUT2D eigenvalue weighted by Gasteiger charge is 2.43. The number of amides is 1. The number of halogens is 4. The van der Waals surface area contributed by atoms with Gasteiger partial charge in [0.1, 0.15) is 10.6 Å². The van der Waals surface area contributed by atoms with Crippen molar-refractivity contribution in [3.05, 3.63) is 69.9 Å². The van der Waals surface area contributed by atoms with Gasteiger partial charge in [-0.3, -0.25) is 4.79 Å². The van der Waals surface area contributed by atoms with Crippen LogP contribution in [0.5, 0.6) is 0 Å². The minimum atomic E-state index is -4.89. The van der Waals surface area contributed by atoms with E-state index in [2.05, 4.69) is 20.6 Å². The number of hydrogen-bond acceptors (Lipinski definition) is 7. The first-order chi connectivity index (χ1) is 17.4. The lowest BCUT2D eigenvalue weighted by Crippen LogP contribution is -2.43. The first kappa shape index (κ1) is 24.8. The average molecular weight is 532 g/mol. The molecule has 0 aliphatic carbocycles. The van der Waals surface area contributed by atoms with Crippen molar-refractivity contribution in [3.8, 4) is 0 Å². The maximum atomic E-state index is 12.8. The number of benzene rings is 2. The van der Waals surface area contributed by atoms with E-state index in [0.717, 1.165) is 16.0 Å². The van der Waals surface area contributed by atoms with Gasteiger partial charge in [-0.05, 0) is 61.7 Å². The second-order valence-corrected chi connectivity index (χ2v) is 9.67. The normalized spacial score (nSPS) is 16.1. The Hall–Kier alpha value is -3.86. The van der Waals surface area contributed by atoms with Gasteiger partial charge in [0.25, 0.3) is 0 Å². The van der Waals surface area contributed by atoms with Gasteiger partial charge in [-0.2, -0.15) is 18.2 Å². The summed E-state index contributed by atoms with van der Waals surface area (Å²) in [4.78, 5) is 33.1. The van der Waals surface area contributed by atoms with E-state index in [1.807, 2.05) is 19.9 Å². The van der Waals surface area contributed by atoms with Crippen LogP contribution in [-0.4, -0.2) is 39.5 Å². The number of cyclic esters (lactones) is 1. The summed E-state index contributed by atoms with van der Waals surface area (Å²) in [6, 6.07) is 10.4. The second-order valence-electron chi connectivity index (χ2n) is 9.26. The first-order valence-electron chi connectivity index (χ1n) is 11.3. The second kappa shape index (κ2) is 8.91. The molecular formula is C25H21ClF3N5O3. The number of alkyl halides is 3. The minimum Gasteiger partial charge on any atom is -0.451 e. The van der Waals surface area contributed by atoms with Crippen LogP contribution in [0.1, 0.15) is 40.9 Å². The molecule has 3 aromatic rings. The van der Waals surface area contributed by atoms with Gasteiger partial charge < -0.3 is 20.3 Å². The predicted octanol–water partition coefficient (Wildman–Crippen LogP) is 5.47. The van der Waals surface area contributed by atoms with Crippen molar-refractivity contribution < 1.29 is 27.5 Å². The molecule has 0 fully saturated rings. The number of nitrogens with zero attached hydrogens (tertiary/aromatic N) is 3. The number of ether oxygens (including phenoxy) is 1. The van der Waals surface area contributed by atoms with Crippen LogP contribution in [0.25, 0.3) is 0 Å². The van der Waals surface area contributed by atoms with Gasteiger partial charge in [-0.25, -0.2) is 9.78 Å². The molecule has 1 aromatic heterocycles. The zero-order valence-electron chi connectivity index (χ0n) is 19.7. The molecule has 2 aliphatic rings. The van der Waals surface area contributed by atoms with Crippen LogP contribution in [-0.2, 0) is 28.1 Å². The highest BCUT2D eigenvalue weighted by atomic mass is 35.5. The topological polar surface area (TPSA) is 96.5 Å². The Bertz CT molecular complexity index is 1430. The van der Waals surface area contributed by atoms with Crippen LogP contribution < -0.4 is 10.6 Å². The molecule has 0 unspecified atom stereocenters. The van der Waals surface area contributed by atoms with Crippen molar-refractivity contribution >= 4 is 46.6 Å². The van der Waals surface area contributed by atoms with Crippen molar-refractivity contribution in [2.45, 2.75) is 38.6 Å². The molecule has 0 saturated carbocycles. The summed E-state index contributed by atoms with van der Waals surface area (Å²) in [5.41, 5.74) is 3.27. The fraction of sp³-hybridized carbons (Fsp3) is 0.280. The van der Waals surface area contributed by atoms with Crippen LogP contribution >= 0.6 is 11.6 Å². The molecule has 0 spiro atoms. The third kappa shape index (κ3) is 4.91. The zero-order valence-corrected chi connectivity index (χ0v) is 20.5. The third-order valence-electron chi connectivity index (χ3n) is 6.25. The Kier molecular flexibility index (Phi) is 5.98. The largest absolute Gasteiger partial charge is 0.471 e. The van der Waals surface area contributed by atoms with E-state index in [0.29, 0.717) is 34.7 Å². The van der Waals surface area contributed by atoms with Crippen LogP contribution in [0.3, 0.4) is 0 Å². The first-order valence-corrected chi connectivity index (χ1v) is 11.7. The van der Waals surface area contributed by atoms with Crippen molar-refractivity contribution in [2.24, 2.45) is 0 Å². The molecule has 5 rings (SSSR count). The molecule has 2 N–H and O–H groups in total. The average Bonchev–Trinajstić information content (AvgIpc) is 3.07. The summed E-state index contributed by atoms with van der Waals surface area (Å²) in [5.74, 6) is -1.62. The number of anilines is 4.